The van der Waals surface area contributed by atoms with Crippen LogP contribution in [0.5, 0.6) is 0 Å². The van der Waals surface area contributed by atoms with E-state index in [1.807, 2.05) is 14.0 Å². The normalized spacial score (nSPS) is 11.7. The molecule has 104 valence electrons. The van der Waals surface area contributed by atoms with Crippen molar-refractivity contribution in [3.8, 4) is 0 Å². The van der Waals surface area contributed by atoms with Crippen LogP contribution in [0, 0.1) is 5.92 Å². The van der Waals surface area contributed by atoms with E-state index in [9.17, 15) is 9.59 Å². The predicted octanol–water partition coefficient (Wildman–Crippen LogP) is 1.83. The fourth-order valence-electron chi connectivity index (χ4n) is 1.55. The molecule has 0 saturated heterocycles. The molecule has 0 bridgehead atoms. The highest BCUT2D eigenvalue weighted by Gasteiger charge is 2.11. The number of amides is 2. The van der Waals surface area contributed by atoms with E-state index < -0.39 is 0 Å². The summed E-state index contributed by atoms with van der Waals surface area (Å²) in [6.07, 6.45) is 0.444. The van der Waals surface area contributed by atoms with Gasteiger partial charge in [0.15, 0.2) is 0 Å². The van der Waals surface area contributed by atoms with Crippen molar-refractivity contribution < 1.29 is 9.59 Å². The zero-order valence-electron chi connectivity index (χ0n) is 11.6. The average Bonchev–Trinajstić information content (AvgIpc) is 2.41. The number of rotatable bonds is 6. The molecule has 0 aliphatic carbocycles. The van der Waals surface area contributed by atoms with Gasteiger partial charge in [-0.1, -0.05) is 13.8 Å². The summed E-state index contributed by atoms with van der Waals surface area (Å²) in [4.78, 5) is 23.0. The molecule has 19 heavy (non-hydrogen) atoms. The van der Waals surface area contributed by atoms with E-state index in [2.05, 4.69) is 16.0 Å². The minimum absolute atomic E-state index is 0.0281. The summed E-state index contributed by atoms with van der Waals surface area (Å²) < 4.78 is 0. The highest BCUT2D eigenvalue weighted by atomic mass is 16.2. The van der Waals surface area contributed by atoms with Crippen molar-refractivity contribution in [3.63, 3.8) is 0 Å². The first-order chi connectivity index (χ1) is 9.06. The van der Waals surface area contributed by atoms with Gasteiger partial charge < -0.3 is 16.0 Å². The van der Waals surface area contributed by atoms with Crippen LogP contribution in [0.15, 0.2) is 24.3 Å². The molecular weight excluding hydrogens is 242 g/mol. The molecule has 1 rings (SSSR count). The number of hydrogen-bond acceptors (Lipinski definition) is 3. The third kappa shape index (κ3) is 5.09. The fourth-order valence-corrected chi connectivity index (χ4v) is 1.55. The van der Waals surface area contributed by atoms with Crippen molar-refractivity contribution in [2.45, 2.75) is 20.3 Å². The largest absolute Gasteiger partial charge is 0.326 e. The molecule has 0 aromatic heterocycles. The van der Waals surface area contributed by atoms with Crippen LogP contribution in [0.25, 0.3) is 0 Å². The lowest BCUT2D eigenvalue weighted by atomic mass is 10.1. The molecule has 1 aromatic rings. The zero-order valence-corrected chi connectivity index (χ0v) is 11.6. The Morgan fingerprint density at radius 1 is 1.11 bits per heavy atom. The third-order valence-electron chi connectivity index (χ3n) is 2.72. The van der Waals surface area contributed by atoms with E-state index in [-0.39, 0.29) is 17.7 Å². The number of nitrogens with one attached hydrogen (secondary N) is 3. The Hall–Kier alpha value is -1.88. The predicted molar refractivity (Wildman–Crippen MR) is 77.1 cm³/mol. The highest BCUT2D eigenvalue weighted by Crippen LogP contribution is 2.14. The highest BCUT2D eigenvalue weighted by molar-refractivity contribution is 5.93. The first-order valence-electron chi connectivity index (χ1n) is 6.42. The molecule has 1 aromatic carbocycles. The van der Waals surface area contributed by atoms with Crippen LogP contribution in [-0.4, -0.2) is 25.4 Å². The molecule has 0 radical (unpaired) electrons. The molecule has 5 heteroatoms. The quantitative estimate of drug-likeness (QED) is 0.733. The van der Waals surface area contributed by atoms with Crippen LogP contribution in [0.2, 0.25) is 0 Å². The van der Waals surface area contributed by atoms with E-state index in [0.717, 1.165) is 11.4 Å². The summed E-state index contributed by atoms with van der Waals surface area (Å²) in [5.74, 6) is -0.149. The lowest BCUT2D eigenvalue weighted by Gasteiger charge is -2.12. The van der Waals surface area contributed by atoms with E-state index >= 15 is 0 Å². The van der Waals surface area contributed by atoms with Gasteiger partial charge in [0.05, 0.1) is 0 Å². The fraction of sp³-hybridized carbons (Fsp3) is 0.429. The van der Waals surface area contributed by atoms with Crippen molar-refractivity contribution in [1.29, 1.82) is 0 Å². The van der Waals surface area contributed by atoms with Gasteiger partial charge in [-0.15, -0.1) is 0 Å². The molecular formula is C14H21N3O2. The Labute approximate surface area is 113 Å². The Morgan fingerprint density at radius 3 is 2.11 bits per heavy atom. The van der Waals surface area contributed by atoms with Gasteiger partial charge in [0, 0.05) is 30.3 Å². The molecule has 0 saturated carbocycles. The second kappa shape index (κ2) is 7.53. The standard InChI is InChI=1S/C14H21N3O2/c1-4-13(18)16-11-5-7-12(8-6-11)17-14(19)10(2)9-15-3/h5-8,10,15H,4,9H2,1-3H3,(H,16,18)(H,17,19). The van der Waals surface area contributed by atoms with Gasteiger partial charge in [-0.3, -0.25) is 9.59 Å². The van der Waals surface area contributed by atoms with Crippen LogP contribution < -0.4 is 16.0 Å². The maximum Gasteiger partial charge on any atom is 0.228 e. The maximum atomic E-state index is 11.8. The lowest BCUT2D eigenvalue weighted by Crippen LogP contribution is -2.28. The topological polar surface area (TPSA) is 70.2 Å². The monoisotopic (exact) mass is 263 g/mol. The smallest absolute Gasteiger partial charge is 0.228 e. The van der Waals surface area contributed by atoms with Gasteiger partial charge in [-0.2, -0.15) is 0 Å². The van der Waals surface area contributed by atoms with Crippen molar-refractivity contribution in [2.24, 2.45) is 5.92 Å². The van der Waals surface area contributed by atoms with Crippen LogP contribution in [0.1, 0.15) is 20.3 Å². The summed E-state index contributed by atoms with van der Waals surface area (Å²) in [6, 6.07) is 7.09. The SMILES string of the molecule is CCC(=O)Nc1ccc(NC(=O)C(C)CNC)cc1. The van der Waals surface area contributed by atoms with Gasteiger partial charge in [0.1, 0.15) is 0 Å². The Bertz CT molecular complexity index is 429. The molecule has 0 aliphatic rings. The second-order valence-electron chi connectivity index (χ2n) is 4.43. The molecule has 0 aliphatic heterocycles. The van der Waals surface area contributed by atoms with Crippen molar-refractivity contribution in [3.05, 3.63) is 24.3 Å². The second-order valence-corrected chi connectivity index (χ2v) is 4.43. The molecule has 5 nitrogen and oxygen atoms in total. The van der Waals surface area contributed by atoms with E-state index in [0.29, 0.717) is 13.0 Å². The molecule has 0 fully saturated rings. The van der Waals surface area contributed by atoms with Crippen LogP contribution in [-0.2, 0) is 9.59 Å². The van der Waals surface area contributed by atoms with Crippen LogP contribution in [0.4, 0.5) is 11.4 Å². The number of anilines is 2. The number of hydrogen-bond donors (Lipinski definition) is 3. The number of carbonyl (C=O) groups is 2. The first kappa shape index (κ1) is 15.2. The van der Waals surface area contributed by atoms with Gasteiger partial charge in [0.25, 0.3) is 0 Å². The first-order valence-corrected chi connectivity index (χ1v) is 6.42. The third-order valence-corrected chi connectivity index (χ3v) is 2.72. The Kier molecular flexibility index (Phi) is 6.02. The number of benzene rings is 1. The maximum absolute atomic E-state index is 11.8. The Balaban J connectivity index is 2.57. The summed E-state index contributed by atoms with van der Waals surface area (Å²) in [5.41, 5.74) is 1.45. The molecule has 3 N–H and O–H groups in total. The van der Waals surface area contributed by atoms with Crippen molar-refractivity contribution >= 4 is 23.2 Å². The minimum Gasteiger partial charge on any atom is -0.326 e. The van der Waals surface area contributed by atoms with E-state index in [4.69, 9.17) is 0 Å². The minimum atomic E-state index is -0.0931. The zero-order chi connectivity index (χ0) is 14.3. The molecule has 2 amide bonds. The van der Waals surface area contributed by atoms with Crippen LogP contribution >= 0.6 is 0 Å². The van der Waals surface area contributed by atoms with Gasteiger partial charge in [0.2, 0.25) is 11.8 Å². The summed E-state index contributed by atoms with van der Waals surface area (Å²) >= 11 is 0. The van der Waals surface area contributed by atoms with E-state index in [1.54, 1.807) is 31.2 Å². The van der Waals surface area contributed by atoms with Crippen LogP contribution in [0.3, 0.4) is 0 Å². The van der Waals surface area contributed by atoms with Crippen molar-refractivity contribution in [2.75, 3.05) is 24.2 Å². The molecule has 1 atom stereocenters. The molecule has 0 heterocycles. The van der Waals surface area contributed by atoms with Gasteiger partial charge in [-0.25, -0.2) is 0 Å². The summed E-state index contributed by atoms with van der Waals surface area (Å²) in [5, 5.41) is 8.55. The molecule has 1 unspecified atom stereocenters. The molecule has 0 spiro atoms. The Morgan fingerprint density at radius 2 is 1.63 bits per heavy atom. The number of carbonyl (C=O) groups excluding carboxylic acids is 2. The summed E-state index contributed by atoms with van der Waals surface area (Å²) in [6.45, 7) is 4.30. The lowest BCUT2D eigenvalue weighted by molar-refractivity contribution is -0.119. The summed E-state index contributed by atoms with van der Waals surface area (Å²) in [7, 11) is 1.81. The van der Waals surface area contributed by atoms with Crippen molar-refractivity contribution in [1.82, 2.24) is 5.32 Å². The van der Waals surface area contributed by atoms with E-state index in [1.165, 1.54) is 0 Å². The average molecular weight is 263 g/mol. The van der Waals surface area contributed by atoms with Gasteiger partial charge in [-0.05, 0) is 31.3 Å². The van der Waals surface area contributed by atoms with Gasteiger partial charge >= 0.3 is 0 Å².